The molecule has 4 rings (SSSR count). The second-order valence-electron chi connectivity index (χ2n) is 8.09. The number of aromatic nitrogens is 4. The maximum absolute atomic E-state index is 12.9. The molecule has 1 aliphatic rings. The lowest BCUT2D eigenvalue weighted by Crippen LogP contribution is -2.42. The van der Waals surface area contributed by atoms with Crippen molar-refractivity contribution in [1.29, 1.82) is 0 Å². The van der Waals surface area contributed by atoms with Gasteiger partial charge in [-0.2, -0.15) is 11.3 Å². The van der Waals surface area contributed by atoms with Crippen LogP contribution in [0.15, 0.2) is 40.1 Å². The zero-order valence-electron chi connectivity index (χ0n) is 17.4. The first-order chi connectivity index (χ1) is 14.5. The van der Waals surface area contributed by atoms with Crippen LogP contribution in [0.25, 0.3) is 11.3 Å². The monoisotopic (exact) mass is 425 g/mol. The van der Waals surface area contributed by atoms with E-state index in [0.717, 1.165) is 55.3 Å². The number of hydrogen-bond donors (Lipinski definition) is 1. The van der Waals surface area contributed by atoms with Gasteiger partial charge in [0.2, 0.25) is 5.91 Å². The molecule has 3 aromatic heterocycles. The van der Waals surface area contributed by atoms with Gasteiger partial charge in [0.05, 0.1) is 11.6 Å². The van der Waals surface area contributed by atoms with E-state index in [1.807, 2.05) is 46.3 Å². The topological polar surface area (TPSA) is 83.9 Å². The molecule has 1 aliphatic heterocycles. The number of likely N-dealkylation sites (tertiary alicyclic amines) is 1. The Bertz CT molecular complexity index is 1050. The summed E-state index contributed by atoms with van der Waals surface area (Å²) in [6.07, 6.45) is 6.27. The molecule has 0 aromatic carbocycles. The summed E-state index contributed by atoms with van der Waals surface area (Å²) in [5, 5.41) is 3.99. The van der Waals surface area contributed by atoms with Crippen LogP contribution in [0.3, 0.4) is 0 Å². The lowest BCUT2D eigenvalue weighted by molar-refractivity contribution is -0.136. The van der Waals surface area contributed by atoms with E-state index in [4.69, 9.17) is 0 Å². The van der Waals surface area contributed by atoms with E-state index in [1.165, 1.54) is 0 Å². The number of thiophene rings is 1. The van der Waals surface area contributed by atoms with E-state index in [-0.39, 0.29) is 17.4 Å². The minimum Gasteiger partial charge on any atom is -0.342 e. The van der Waals surface area contributed by atoms with Gasteiger partial charge in [-0.05, 0) is 37.1 Å². The highest BCUT2D eigenvalue weighted by Crippen LogP contribution is 2.23. The molecule has 0 aliphatic carbocycles. The Balaban J connectivity index is 1.33. The van der Waals surface area contributed by atoms with Crippen LogP contribution >= 0.6 is 11.3 Å². The Hall–Kier alpha value is -2.74. The van der Waals surface area contributed by atoms with Crippen molar-refractivity contribution >= 4 is 17.2 Å². The number of H-pyrrole nitrogens is 1. The normalized spacial score (nSPS) is 16.0. The molecule has 1 fully saturated rings. The number of amides is 1. The maximum Gasteiger partial charge on any atom is 0.251 e. The predicted octanol–water partition coefficient (Wildman–Crippen LogP) is 3.12. The predicted molar refractivity (Wildman–Crippen MR) is 117 cm³/mol. The zero-order valence-corrected chi connectivity index (χ0v) is 18.2. The summed E-state index contributed by atoms with van der Waals surface area (Å²) in [6.45, 7) is 6.11. The number of carbonyl (C=O) groups is 1. The molecule has 3 aromatic rings. The smallest absolute Gasteiger partial charge is 0.251 e. The summed E-state index contributed by atoms with van der Waals surface area (Å²) in [6, 6.07) is 3.53. The van der Waals surface area contributed by atoms with Gasteiger partial charge in [-0.1, -0.05) is 6.92 Å². The van der Waals surface area contributed by atoms with Gasteiger partial charge in [-0.15, -0.1) is 0 Å². The fourth-order valence-electron chi connectivity index (χ4n) is 4.08. The molecular weight excluding hydrogens is 398 g/mol. The van der Waals surface area contributed by atoms with Crippen LogP contribution in [-0.2, 0) is 17.8 Å². The molecule has 0 saturated carbocycles. The standard InChI is InChI=1S/C22H27N5O2S/c1-15(13-27-9-6-23-16(27)2)22(29)26-7-3-17(4-8-26)11-20-24-19(12-21(28)25-20)18-5-10-30-14-18/h5-6,9-10,12,14-15,17H,3-4,7-8,11,13H2,1-2H3,(H,24,25,28)/t15-/m0/s1. The molecule has 1 saturated heterocycles. The Morgan fingerprint density at radius 3 is 2.83 bits per heavy atom. The third kappa shape index (κ3) is 4.70. The van der Waals surface area contributed by atoms with Crippen molar-refractivity contribution in [2.24, 2.45) is 11.8 Å². The summed E-state index contributed by atoms with van der Waals surface area (Å²) in [5.41, 5.74) is 1.60. The summed E-state index contributed by atoms with van der Waals surface area (Å²) in [5.74, 6) is 2.21. The molecule has 4 heterocycles. The van der Waals surface area contributed by atoms with E-state index in [2.05, 4.69) is 15.0 Å². The number of carbonyl (C=O) groups excluding carboxylic acids is 1. The molecule has 0 radical (unpaired) electrons. The number of nitrogens with one attached hydrogen (secondary N) is 1. The SMILES string of the molecule is Cc1nccn1C[C@H](C)C(=O)N1CCC(Cc2nc(-c3ccsc3)cc(=O)[nH]2)CC1. The molecule has 158 valence electrons. The largest absolute Gasteiger partial charge is 0.342 e. The Kier molecular flexibility index (Phi) is 6.13. The molecule has 0 bridgehead atoms. The number of hydrogen-bond acceptors (Lipinski definition) is 5. The van der Waals surface area contributed by atoms with Gasteiger partial charge in [-0.25, -0.2) is 9.97 Å². The summed E-state index contributed by atoms with van der Waals surface area (Å²) in [7, 11) is 0. The third-order valence-corrected chi connectivity index (χ3v) is 6.51. The van der Waals surface area contributed by atoms with Crippen molar-refractivity contribution in [1.82, 2.24) is 24.4 Å². The van der Waals surface area contributed by atoms with Crippen LogP contribution < -0.4 is 5.56 Å². The average Bonchev–Trinajstić information content (AvgIpc) is 3.40. The molecule has 0 unspecified atom stereocenters. The van der Waals surface area contributed by atoms with Gasteiger partial charge < -0.3 is 14.5 Å². The highest BCUT2D eigenvalue weighted by atomic mass is 32.1. The first-order valence-corrected chi connectivity index (χ1v) is 11.3. The Morgan fingerprint density at radius 2 is 2.17 bits per heavy atom. The maximum atomic E-state index is 12.9. The number of rotatable bonds is 6. The molecule has 0 spiro atoms. The van der Waals surface area contributed by atoms with Crippen molar-refractivity contribution in [3.05, 3.63) is 57.3 Å². The van der Waals surface area contributed by atoms with E-state index in [0.29, 0.717) is 12.5 Å². The van der Waals surface area contributed by atoms with Crippen molar-refractivity contribution in [3.63, 3.8) is 0 Å². The minimum atomic E-state index is -0.113. The molecule has 30 heavy (non-hydrogen) atoms. The molecule has 1 atom stereocenters. The fraction of sp³-hybridized carbons (Fsp3) is 0.455. The van der Waals surface area contributed by atoms with Crippen LogP contribution in [-0.4, -0.2) is 43.4 Å². The molecular formula is C22H27N5O2S. The van der Waals surface area contributed by atoms with Crippen LogP contribution in [0.5, 0.6) is 0 Å². The van der Waals surface area contributed by atoms with Gasteiger partial charge in [0.1, 0.15) is 11.6 Å². The lowest BCUT2D eigenvalue weighted by atomic mass is 9.92. The van der Waals surface area contributed by atoms with Gasteiger partial charge in [0.25, 0.3) is 5.56 Å². The average molecular weight is 426 g/mol. The van der Waals surface area contributed by atoms with Crippen molar-refractivity contribution in [3.8, 4) is 11.3 Å². The van der Waals surface area contributed by atoms with Crippen molar-refractivity contribution in [2.45, 2.75) is 39.7 Å². The second kappa shape index (κ2) is 8.95. The van der Waals surface area contributed by atoms with Crippen molar-refractivity contribution in [2.75, 3.05) is 13.1 Å². The van der Waals surface area contributed by atoms with Gasteiger partial charge in [0, 0.05) is 55.5 Å². The van der Waals surface area contributed by atoms with E-state index in [9.17, 15) is 9.59 Å². The number of imidazole rings is 1. The molecule has 7 nitrogen and oxygen atoms in total. The van der Waals surface area contributed by atoms with Crippen LogP contribution in [0.4, 0.5) is 0 Å². The van der Waals surface area contributed by atoms with Gasteiger partial charge >= 0.3 is 0 Å². The molecule has 1 N–H and O–H groups in total. The van der Waals surface area contributed by atoms with E-state index in [1.54, 1.807) is 23.6 Å². The lowest BCUT2D eigenvalue weighted by Gasteiger charge is -2.33. The molecule has 8 heteroatoms. The number of aryl methyl sites for hydroxylation is 1. The summed E-state index contributed by atoms with van der Waals surface area (Å²) in [4.78, 5) is 38.7. The molecule has 1 amide bonds. The van der Waals surface area contributed by atoms with E-state index >= 15 is 0 Å². The first kappa shape index (κ1) is 20.5. The van der Waals surface area contributed by atoms with Gasteiger partial charge in [0.15, 0.2) is 0 Å². The first-order valence-electron chi connectivity index (χ1n) is 10.4. The minimum absolute atomic E-state index is 0.0743. The van der Waals surface area contributed by atoms with Crippen LogP contribution in [0, 0.1) is 18.8 Å². The van der Waals surface area contributed by atoms with Crippen LogP contribution in [0.1, 0.15) is 31.4 Å². The Morgan fingerprint density at radius 1 is 1.37 bits per heavy atom. The van der Waals surface area contributed by atoms with E-state index < -0.39 is 0 Å². The highest BCUT2D eigenvalue weighted by molar-refractivity contribution is 7.08. The number of aromatic amines is 1. The summed E-state index contributed by atoms with van der Waals surface area (Å²) >= 11 is 1.59. The zero-order chi connectivity index (χ0) is 21.1. The third-order valence-electron chi connectivity index (χ3n) is 5.83. The van der Waals surface area contributed by atoms with Crippen LogP contribution in [0.2, 0.25) is 0 Å². The quantitative estimate of drug-likeness (QED) is 0.658. The highest BCUT2D eigenvalue weighted by Gasteiger charge is 2.27. The summed E-state index contributed by atoms with van der Waals surface area (Å²) < 4.78 is 2.03. The number of nitrogens with zero attached hydrogens (tertiary/aromatic N) is 4. The van der Waals surface area contributed by atoms with Crippen molar-refractivity contribution < 1.29 is 4.79 Å². The number of piperidine rings is 1. The Labute approximate surface area is 179 Å². The van der Waals surface area contributed by atoms with Gasteiger partial charge in [-0.3, -0.25) is 9.59 Å². The fourth-order valence-corrected chi connectivity index (χ4v) is 4.72. The second-order valence-corrected chi connectivity index (χ2v) is 8.87.